The number of hydrogen-bond donors (Lipinski definition) is 0. The van der Waals surface area contributed by atoms with Gasteiger partial charge in [0.05, 0.1) is 17.3 Å². The van der Waals surface area contributed by atoms with Gasteiger partial charge in [-0.3, -0.25) is 9.69 Å². The fourth-order valence-corrected chi connectivity index (χ4v) is 5.35. The van der Waals surface area contributed by atoms with Crippen LogP contribution in [0.15, 0.2) is 29.9 Å². The molecule has 0 N–H and O–H groups in total. The zero-order chi connectivity index (χ0) is 21.1. The van der Waals surface area contributed by atoms with Crippen LogP contribution >= 0.6 is 11.3 Å². The number of piperidine rings is 1. The minimum atomic E-state index is -0.215. The van der Waals surface area contributed by atoms with Gasteiger partial charge in [-0.05, 0) is 31.4 Å². The average molecular weight is 427 g/mol. The van der Waals surface area contributed by atoms with E-state index in [9.17, 15) is 14.9 Å². The van der Waals surface area contributed by atoms with E-state index in [0.29, 0.717) is 35.8 Å². The SMILES string of the molecule is CCCCC1COC(=O)N1C1CCN(C(=O)c2scc(C#N)c2-n2cccc2)CC1. The summed E-state index contributed by atoms with van der Waals surface area (Å²) in [6.45, 7) is 3.82. The third-order valence-corrected chi connectivity index (χ3v) is 6.94. The molecule has 4 rings (SSSR count). The quantitative estimate of drug-likeness (QED) is 0.699. The van der Waals surface area contributed by atoms with Crippen LogP contribution in [-0.2, 0) is 4.74 Å². The summed E-state index contributed by atoms with van der Waals surface area (Å²) >= 11 is 1.32. The maximum absolute atomic E-state index is 13.3. The molecule has 2 amide bonds. The first-order valence-corrected chi connectivity index (χ1v) is 11.4. The number of nitriles is 1. The molecule has 2 aliphatic rings. The van der Waals surface area contributed by atoms with Crippen molar-refractivity contribution in [1.82, 2.24) is 14.4 Å². The first-order chi connectivity index (χ1) is 14.6. The summed E-state index contributed by atoms with van der Waals surface area (Å²) < 4.78 is 7.15. The number of amides is 2. The molecule has 7 nitrogen and oxygen atoms in total. The molecule has 0 aromatic carbocycles. The van der Waals surface area contributed by atoms with Crippen LogP contribution in [0.3, 0.4) is 0 Å². The van der Waals surface area contributed by atoms with Crippen LogP contribution in [0.25, 0.3) is 5.69 Å². The topological polar surface area (TPSA) is 78.6 Å². The molecule has 2 fully saturated rings. The maximum Gasteiger partial charge on any atom is 0.410 e. The van der Waals surface area contributed by atoms with E-state index in [-0.39, 0.29) is 24.1 Å². The summed E-state index contributed by atoms with van der Waals surface area (Å²) in [4.78, 5) is 29.9. The van der Waals surface area contributed by atoms with Gasteiger partial charge in [0.2, 0.25) is 0 Å². The number of cyclic esters (lactones) is 1. The second-order valence-electron chi connectivity index (χ2n) is 7.83. The van der Waals surface area contributed by atoms with E-state index < -0.39 is 0 Å². The first-order valence-electron chi connectivity index (χ1n) is 10.5. The molecule has 158 valence electrons. The number of nitrogens with zero attached hydrogens (tertiary/aromatic N) is 4. The van der Waals surface area contributed by atoms with Gasteiger partial charge in [0.25, 0.3) is 5.91 Å². The molecule has 8 heteroatoms. The number of likely N-dealkylation sites (tertiary alicyclic amines) is 1. The van der Waals surface area contributed by atoms with Crippen molar-refractivity contribution < 1.29 is 14.3 Å². The summed E-state index contributed by atoms with van der Waals surface area (Å²) in [6, 6.07) is 6.22. The van der Waals surface area contributed by atoms with Crippen molar-refractivity contribution in [3.8, 4) is 11.8 Å². The lowest BCUT2D eigenvalue weighted by atomic mass is 10.00. The number of carbonyl (C=O) groups excluding carboxylic acids is 2. The van der Waals surface area contributed by atoms with Crippen molar-refractivity contribution in [2.24, 2.45) is 0 Å². The molecule has 0 saturated carbocycles. The number of ether oxygens (including phenoxy) is 1. The van der Waals surface area contributed by atoms with E-state index in [2.05, 4.69) is 13.0 Å². The van der Waals surface area contributed by atoms with E-state index in [0.717, 1.165) is 32.1 Å². The smallest absolute Gasteiger partial charge is 0.410 e. The van der Waals surface area contributed by atoms with Crippen LogP contribution in [0.2, 0.25) is 0 Å². The lowest BCUT2D eigenvalue weighted by Crippen LogP contribution is -2.49. The minimum Gasteiger partial charge on any atom is -0.447 e. The molecule has 4 heterocycles. The molecule has 2 aliphatic heterocycles. The molecule has 0 bridgehead atoms. The zero-order valence-corrected chi connectivity index (χ0v) is 17.9. The molecule has 0 aliphatic carbocycles. The number of thiophene rings is 1. The Labute approximate surface area is 180 Å². The largest absolute Gasteiger partial charge is 0.447 e. The van der Waals surface area contributed by atoms with E-state index in [4.69, 9.17) is 4.74 Å². The summed E-state index contributed by atoms with van der Waals surface area (Å²) in [5, 5.41) is 11.2. The van der Waals surface area contributed by atoms with E-state index >= 15 is 0 Å². The van der Waals surface area contributed by atoms with Gasteiger partial charge >= 0.3 is 6.09 Å². The van der Waals surface area contributed by atoms with Crippen molar-refractivity contribution in [2.75, 3.05) is 19.7 Å². The Morgan fingerprint density at radius 2 is 2.03 bits per heavy atom. The van der Waals surface area contributed by atoms with Crippen LogP contribution in [0.5, 0.6) is 0 Å². The number of unbranched alkanes of at least 4 members (excludes halogenated alkanes) is 1. The zero-order valence-electron chi connectivity index (χ0n) is 17.1. The van der Waals surface area contributed by atoms with Crippen LogP contribution in [0.1, 0.15) is 54.3 Å². The molecule has 30 heavy (non-hydrogen) atoms. The summed E-state index contributed by atoms with van der Waals surface area (Å²) in [5.41, 5.74) is 1.16. The van der Waals surface area contributed by atoms with Gasteiger partial charge in [0.1, 0.15) is 17.6 Å². The third kappa shape index (κ3) is 3.82. The van der Waals surface area contributed by atoms with E-state index in [1.165, 1.54) is 11.3 Å². The van der Waals surface area contributed by atoms with Gasteiger partial charge < -0.3 is 14.2 Å². The second kappa shape index (κ2) is 8.92. The number of rotatable bonds is 6. The number of carbonyl (C=O) groups is 2. The maximum atomic E-state index is 13.3. The summed E-state index contributed by atoms with van der Waals surface area (Å²) in [7, 11) is 0. The molecule has 1 atom stereocenters. The van der Waals surface area contributed by atoms with Crippen molar-refractivity contribution in [2.45, 2.75) is 51.1 Å². The monoisotopic (exact) mass is 426 g/mol. The minimum absolute atomic E-state index is 0.0461. The third-order valence-electron chi connectivity index (χ3n) is 5.98. The fourth-order valence-electron chi connectivity index (χ4n) is 4.39. The molecular formula is C22H26N4O3S. The highest BCUT2D eigenvalue weighted by Gasteiger charge is 2.39. The summed E-state index contributed by atoms with van der Waals surface area (Å²) in [5.74, 6) is -0.0461. The highest BCUT2D eigenvalue weighted by atomic mass is 32.1. The molecule has 2 aromatic rings. The number of aromatic nitrogens is 1. The van der Waals surface area contributed by atoms with E-state index in [1.807, 2.05) is 38.9 Å². The Bertz CT molecular complexity index is 938. The van der Waals surface area contributed by atoms with Gasteiger partial charge in [0, 0.05) is 36.9 Å². The normalized spacial score (nSPS) is 19.7. The van der Waals surface area contributed by atoms with Crippen LogP contribution < -0.4 is 0 Å². The number of hydrogen-bond acceptors (Lipinski definition) is 5. The molecule has 2 saturated heterocycles. The Hall–Kier alpha value is -2.79. The first kappa shape index (κ1) is 20.5. The standard InChI is InChI=1S/C22H26N4O3S/c1-2-3-6-18-14-29-22(28)26(18)17-7-11-25(12-8-17)21(27)20-19(16(13-23)15-30-20)24-9-4-5-10-24/h4-5,9-10,15,17-18H,2-3,6-8,11-12,14H2,1H3. The lowest BCUT2D eigenvalue weighted by molar-refractivity contribution is 0.0638. The van der Waals surface area contributed by atoms with Crippen molar-refractivity contribution in [3.05, 3.63) is 40.3 Å². The van der Waals surface area contributed by atoms with Gasteiger partial charge in [-0.15, -0.1) is 11.3 Å². The Kier molecular flexibility index (Phi) is 6.09. The van der Waals surface area contributed by atoms with Crippen molar-refractivity contribution in [3.63, 3.8) is 0 Å². The van der Waals surface area contributed by atoms with Crippen LogP contribution in [-0.4, -0.2) is 58.1 Å². The Morgan fingerprint density at radius 1 is 1.30 bits per heavy atom. The molecule has 1 unspecified atom stereocenters. The average Bonchev–Trinajstić information content (AvgIpc) is 3.51. The van der Waals surface area contributed by atoms with Crippen LogP contribution in [0, 0.1) is 11.3 Å². The molecular weight excluding hydrogens is 400 g/mol. The second-order valence-corrected chi connectivity index (χ2v) is 8.71. The molecule has 0 radical (unpaired) electrons. The van der Waals surface area contributed by atoms with Crippen molar-refractivity contribution in [1.29, 1.82) is 5.26 Å². The molecule has 0 spiro atoms. The Morgan fingerprint density at radius 3 is 2.70 bits per heavy atom. The molecule has 2 aromatic heterocycles. The Balaban J connectivity index is 1.45. The predicted octanol–water partition coefficient (Wildman–Crippen LogP) is 4.03. The fraction of sp³-hybridized carbons (Fsp3) is 0.500. The predicted molar refractivity (Wildman–Crippen MR) is 114 cm³/mol. The highest BCUT2D eigenvalue weighted by molar-refractivity contribution is 7.12. The van der Waals surface area contributed by atoms with Crippen molar-refractivity contribution >= 4 is 23.3 Å². The highest BCUT2D eigenvalue weighted by Crippen LogP contribution is 2.31. The van der Waals surface area contributed by atoms with Crippen LogP contribution in [0.4, 0.5) is 4.79 Å². The summed E-state index contributed by atoms with van der Waals surface area (Å²) in [6.07, 6.45) is 8.12. The van der Waals surface area contributed by atoms with E-state index in [1.54, 1.807) is 5.38 Å². The van der Waals surface area contributed by atoms with Gasteiger partial charge in [-0.1, -0.05) is 19.8 Å². The van der Waals surface area contributed by atoms with Gasteiger partial charge in [0.15, 0.2) is 0 Å². The van der Waals surface area contributed by atoms with Gasteiger partial charge in [-0.25, -0.2) is 4.79 Å². The lowest BCUT2D eigenvalue weighted by Gasteiger charge is -2.37. The van der Waals surface area contributed by atoms with Gasteiger partial charge in [-0.2, -0.15) is 5.26 Å².